The molecule has 1 heterocycles. The summed E-state index contributed by atoms with van der Waals surface area (Å²) in [6.07, 6.45) is 1.10. The van der Waals surface area contributed by atoms with E-state index >= 15 is 0 Å². The summed E-state index contributed by atoms with van der Waals surface area (Å²) in [7, 11) is 0. The lowest BCUT2D eigenvalue weighted by molar-refractivity contribution is -0.134. The van der Waals surface area contributed by atoms with Crippen LogP contribution < -0.4 is 0 Å². The molecule has 1 amide bonds. The first kappa shape index (κ1) is 13.6. The monoisotopic (exact) mass is 272 g/mol. The molecule has 2 unspecified atom stereocenters. The minimum Gasteiger partial charge on any atom is -0.340 e. The molecule has 3 heteroatoms. The van der Waals surface area contributed by atoms with Gasteiger partial charge in [0.1, 0.15) is 0 Å². The van der Waals surface area contributed by atoms with Crippen LogP contribution in [-0.2, 0) is 11.3 Å². The smallest absolute Gasteiger partial charge is 0.226 e. The summed E-state index contributed by atoms with van der Waals surface area (Å²) in [6, 6.07) is 8.70. The summed E-state index contributed by atoms with van der Waals surface area (Å²) in [5.41, 5.74) is 2.69. The highest BCUT2D eigenvalue weighted by atomic mass is 16.2. The average Bonchev–Trinajstić information content (AvgIpc) is 3.16. The molecule has 1 aromatic rings. The van der Waals surface area contributed by atoms with Gasteiger partial charge in [-0.3, -0.25) is 9.69 Å². The summed E-state index contributed by atoms with van der Waals surface area (Å²) in [5.74, 6) is 1.35. The molecule has 0 spiro atoms. The van der Waals surface area contributed by atoms with Crippen LogP contribution in [0.2, 0.25) is 0 Å². The van der Waals surface area contributed by atoms with E-state index in [9.17, 15) is 4.79 Å². The van der Waals surface area contributed by atoms with Gasteiger partial charge in [-0.05, 0) is 24.8 Å². The summed E-state index contributed by atoms with van der Waals surface area (Å²) in [6.45, 7) is 9.11. The van der Waals surface area contributed by atoms with E-state index in [1.54, 1.807) is 0 Å². The normalized spacial score (nSPS) is 26.6. The Morgan fingerprint density at radius 2 is 1.95 bits per heavy atom. The van der Waals surface area contributed by atoms with Crippen molar-refractivity contribution >= 4 is 5.91 Å². The minimum absolute atomic E-state index is 0.332. The number of hydrogen-bond donors (Lipinski definition) is 0. The number of carbonyl (C=O) groups excluding carboxylic acids is 1. The van der Waals surface area contributed by atoms with Gasteiger partial charge in [-0.15, -0.1) is 0 Å². The lowest BCUT2D eigenvalue weighted by atomic mass is 10.1. The van der Waals surface area contributed by atoms with Crippen molar-refractivity contribution in [1.82, 2.24) is 9.80 Å². The Morgan fingerprint density at radius 3 is 2.55 bits per heavy atom. The number of nitrogens with zero attached hydrogens (tertiary/aromatic N) is 2. The zero-order chi connectivity index (χ0) is 14.1. The Bertz CT molecular complexity index is 492. The van der Waals surface area contributed by atoms with Crippen LogP contribution in [0.5, 0.6) is 0 Å². The number of rotatable bonds is 3. The van der Waals surface area contributed by atoms with Gasteiger partial charge < -0.3 is 4.90 Å². The SMILES string of the molecule is Cc1cccc(CN2CCN(C(=O)C3CC3C)CC2)c1. The molecule has 2 fully saturated rings. The molecule has 0 aromatic heterocycles. The van der Waals surface area contributed by atoms with E-state index < -0.39 is 0 Å². The summed E-state index contributed by atoms with van der Waals surface area (Å²) in [4.78, 5) is 16.7. The van der Waals surface area contributed by atoms with Crippen molar-refractivity contribution in [3.63, 3.8) is 0 Å². The Labute approximate surface area is 121 Å². The van der Waals surface area contributed by atoms with Crippen LogP contribution in [-0.4, -0.2) is 41.9 Å². The zero-order valence-corrected chi connectivity index (χ0v) is 12.5. The lowest BCUT2D eigenvalue weighted by Crippen LogP contribution is -2.48. The second-order valence-electron chi connectivity index (χ2n) is 6.41. The van der Waals surface area contributed by atoms with Crippen LogP contribution in [0.4, 0.5) is 0 Å². The molecule has 3 nitrogen and oxygen atoms in total. The van der Waals surface area contributed by atoms with Crippen molar-refractivity contribution in [2.75, 3.05) is 26.2 Å². The molecule has 108 valence electrons. The maximum absolute atomic E-state index is 12.2. The van der Waals surface area contributed by atoms with Crippen molar-refractivity contribution in [2.24, 2.45) is 11.8 Å². The van der Waals surface area contributed by atoms with Gasteiger partial charge in [-0.1, -0.05) is 36.8 Å². The molecular weight excluding hydrogens is 248 g/mol. The highest BCUT2D eigenvalue weighted by Gasteiger charge is 2.41. The molecule has 0 N–H and O–H groups in total. The Morgan fingerprint density at radius 1 is 1.25 bits per heavy atom. The Hall–Kier alpha value is -1.35. The molecule has 2 atom stereocenters. The van der Waals surface area contributed by atoms with Gasteiger partial charge in [-0.2, -0.15) is 0 Å². The topological polar surface area (TPSA) is 23.6 Å². The zero-order valence-electron chi connectivity index (χ0n) is 12.5. The van der Waals surface area contributed by atoms with Gasteiger partial charge in [0, 0.05) is 38.6 Å². The number of carbonyl (C=O) groups is 1. The lowest BCUT2D eigenvalue weighted by Gasteiger charge is -2.35. The fraction of sp³-hybridized carbons (Fsp3) is 0.588. The van der Waals surface area contributed by atoms with E-state index in [-0.39, 0.29) is 0 Å². The molecular formula is C17H24N2O. The standard InChI is InChI=1S/C17H24N2O/c1-13-4-3-5-15(10-13)12-18-6-8-19(9-7-18)17(20)16-11-14(16)2/h3-5,10,14,16H,6-9,11-12H2,1-2H3. The fourth-order valence-corrected chi connectivity index (χ4v) is 3.10. The summed E-state index contributed by atoms with van der Waals surface area (Å²) in [5, 5.41) is 0. The number of benzene rings is 1. The average molecular weight is 272 g/mol. The van der Waals surface area contributed by atoms with Gasteiger partial charge in [-0.25, -0.2) is 0 Å². The van der Waals surface area contributed by atoms with Gasteiger partial charge >= 0.3 is 0 Å². The number of hydrogen-bond acceptors (Lipinski definition) is 2. The van der Waals surface area contributed by atoms with Crippen LogP contribution in [0.25, 0.3) is 0 Å². The predicted molar refractivity (Wildman–Crippen MR) is 80.3 cm³/mol. The molecule has 1 aliphatic heterocycles. The van der Waals surface area contributed by atoms with E-state index in [2.05, 4.69) is 47.9 Å². The van der Waals surface area contributed by atoms with Gasteiger partial charge in [0.2, 0.25) is 5.91 Å². The van der Waals surface area contributed by atoms with Crippen LogP contribution >= 0.6 is 0 Å². The molecule has 0 radical (unpaired) electrons. The third-order valence-corrected chi connectivity index (χ3v) is 4.60. The quantitative estimate of drug-likeness (QED) is 0.843. The summed E-state index contributed by atoms with van der Waals surface area (Å²) >= 11 is 0. The van der Waals surface area contributed by atoms with E-state index in [1.807, 2.05) is 0 Å². The van der Waals surface area contributed by atoms with E-state index in [1.165, 1.54) is 11.1 Å². The highest BCUT2D eigenvalue weighted by Crippen LogP contribution is 2.39. The Balaban J connectivity index is 1.50. The van der Waals surface area contributed by atoms with Crippen molar-refractivity contribution < 1.29 is 4.79 Å². The molecule has 1 aromatic carbocycles. The van der Waals surface area contributed by atoms with Crippen LogP contribution in [0, 0.1) is 18.8 Å². The first-order valence-electron chi connectivity index (χ1n) is 7.70. The second kappa shape index (κ2) is 5.57. The van der Waals surface area contributed by atoms with Crippen molar-refractivity contribution in [1.29, 1.82) is 0 Å². The van der Waals surface area contributed by atoms with E-state index in [0.29, 0.717) is 17.7 Å². The van der Waals surface area contributed by atoms with Crippen LogP contribution in [0.3, 0.4) is 0 Å². The van der Waals surface area contributed by atoms with Gasteiger partial charge in [0.05, 0.1) is 0 Å². The predicted octanol–water partition coefficient (Wildman–Crippen LogP) is 2.30. The van der Waals surface area contributed by atoms with Crippen molar-refractivity contribution in [3.8, 4) is 0 Å². The Kier molecular flexibility index (Phi) is 3.79. The molecule has 1 saturated carbocycles. The second-order valence-corrected chi connectivity index (χ2v) is 6.41. The van der Waals surface area contributed by atoms with Crippen molar-refractivity contribution in [2.45, 2.75) is 26.8 Å². The number of amides is 1. The first-order chi connectivity index (χ1) is 9.63. The molecule has 3 rings (SSSR count). The molecule has 1 saturated heterocycles. The minimum atomic E-state index is 0.332. The third-order valence-electron chi connectivity index (χ3n) is 4.60. The molecule has 2 aliphatic rings. The van der Waals surface area contributed by atoms with Gasteiger partial charge in [0.25, 0.3) is 0 Å². The molecule has 20 heavy (non-hydrogen) atoms. The van der Waals surface area contributed by atoms with E-state index in [4.69, 9.17) is 0 Å². The summed E-state index contributed by atoms with van der Waals surface area (Å²) < 4.78 is 0. The number of aryl methyl sites for hydroxylation is 1. The largest absolute Gasteiger partial charge is 0.340 e. The van der Waals surface area contributed by atoms with Crippen LogP contribution in [0.15, 0.2) is 24.3 Å². The molecule has 0 bridgehead atoms. The number of piperazine rings is 1. The van der Waals surface area contributed by atoms with Crippen LogP contribution in [0.1, 0.15) is 24.5 Å². The first-order valence-corrected chi connectivity index (χ1v) is 7.70. The van der Waals surface area contributed by atoms with E-state index in [0.717, 1.165) is 39.1 Å². The van der Waals surface area contributed by atoms with Gasteiger partial charge in [0.15, 0.2) is 0 Å². The maximum Gasteiger partial charge on any atom is 0.226 e. The fourth-order valence-electron chi connectivity index (χ4n) is 3.10. The highest BCUT2D eigenvalue weighted by molar-refractivity contribution is 5.81. The molecule has 1 aliphatic carbocycles. The maximum atomic E-state index is 12.2. The van der Waals surface area contributed by atoms with Crippen molar-refractivity contribution in [3.05, 3.63) is 35.4 Å². The third kappa shape index (κ3) is 3.04.